The molecule has 0 fully saturated rings. The van der Waals surface area contributed by atoms with Crippen LogP contribution in [0, 0.1) is 0 Å². The average Bonchev–Trinajstić information content (AvgIpc) is 3.40. The molecule has 0 aliphatic carbocycles. The van der Waals surface area contributed by atoms with Gasteiger partial charge in [-0.15, -0.1) is 0 Å². The Bertz CT molecular complexity index is 3310. The van der Waals surface area contributed by atoms with E-state index in [1.54, 1.807) is 53.1 Å². The largest absolute Gasteiger partial charge is 0.457 e. The van der Waals surface area contributed by atoms with Crippen LogP contribution in [0.4, 0.5) is 0 Å². The van der Waals surface area contributed by atoms with E-state index in [0.29, 0.717) is 0 Å². The molecule has 70 heteroatoms. The van der Waals surface area contributed by atoms with Gasteiger partial charge in [-0.1, -0.05) is 6.55 Å². The van der Waals surface area contributed by atoms with Crippen molar-refractivity contribution in [2.75, 3.05) is 0 Å². The van der Waals surface area contributed by atoms with Gasteiger partial charge in [0, 0.05) is 5.22 Å². The average molecular weight is 1710 g/mol. The molecule has 0 aliphatic rings. The van der Waals surface area contributed by atoms with Crippen LogP contribution in [0.2, 0.25) is 45.8 Å². The third kappa shape index (κ3) is 22.4. The van der Waals surface area contributed by atoms with Crippen molar-refractivity contribution in [1.82, 2.24) is 0 Å². The molecule has 1 atom stereocenters. The Labute approximate surface area is 491 Å². The fourth-order valence-corrected chi connectivity index (χ4v) is 409. The van der Waals surface area contributed by atoms with Crippen molar-refractivity contribution in [1.29, 1.82) is 0 Å². The number of hydrogen-bond donors (Lipinski definition) is 0. The van der Waals surface area contributed by atoms with E-state index >= 15 is 0 Å². The molecule has 0 aromatic heterocycles. The fourth-order valence-electron chi connectivity index (χ4n) is 4.86. The van der Waals surface area contributed by atoms with Crippen LogP contribution in [0.15, 0.2) is 0 Å². The third-order valence-corrected chi connectivity index (χ3v) is 281. The van der Waals surface area contributed by atoms with E-state index in [-0.39, 0.29) is 0 Å². The molecule has 0 saturated carbocycles. The van der Waals surface area contributed by atoms with Crippen LogP contribution >= 0.6 is 0 Å². The van der Waals surface area contributed by atoms with Crippen LogP contribution in [-0.4, -0.2) is 286 Å². The van der Waals surface area contributed by atoms with Crippen LogP contribution in [-0.2, 0) is 151 Å². The zero-order valence-corrected chi connectivity index (χ0v) is 78.2. The molecule has 0 N–H and O–H groups in total. The van der Waals surface area contributed by atoms with Gasteiger partial charge in [0.15, 0.2) is 16.6 Å². The zero-order chi connectivity index (χ0) is 63.7. The summed E-state index contributed by atoms with van der Waals surface area (Å²) >= 11 is 0. The van der Waals surface area contributed by atoms with Gasteiger partial charge in [-0.2, -0.15) is 0 Å². The van der Waals surface area contributed by atoms with Crippen molar-refractivity contribution in [3.05, 3.63) is 0 Å². The van der Waals surface area contributed by atoms with Crippen molar-refractivity contribution in [2.24, 2.45) is 0 Å². The van der Waals surface area contributed by atoms with Gasteiger partial charge < -0.3 is 151 Å². The van der Waals surface area contributed by atoms with E-state index < -0.39 is 286 Å². The summed E-state index contributed by atoms with van der Waals surface area (Å²) in [6.45, 7) is 14.9. The Hall–Kier alpha value is 1.33. The van der Waals surface area contributed by atoms with Gasteiger partial charge in [-0.05, 0) is 53.1 Å². The summed E-state index contributed by atoms with van der Waals surface area (Å²) in [7, 11) is -151. The highest BCUT2D eigenvalue weighted by atomic mass is 30.1. The lowest BCUT2D eigenvalue weighted by atomic mass is 10.5. The minimum absolute atomic E-state index is 1.09. The van der Waals surface area contributed by atoms with Crippen LogP contribution in [0.25, 0.3) is 0 Å². The summed E-state index contributed by atoms with van der Waals surface area (Å²) in [5.41, 5.74) is 0. The first-order valence-electron chi connectivity index (χ1n) is 20.7. The maximum Gasteiger partial charge on any atom is 0.381 e. The van der Waals surface area contributed by atoms with Crippen molar-refractivity contribution in [3.8, 4) is 0 Å². The predicted octanol–water partition coefficient (Wildman–Crippen LogP) is -13.5. The molecule has 34 nitrogen and oxygen atoms in total. The second kappa shape index (κ2) is 34.3. The molecular weight excluding hydrogens is 1680 g/mol. The van der Waals surface area contributed by atoms with Gasteiger partial charge in [0.25, 0.3) is 0 Å². The summed E-state index contributed by atoms with van der Waals surface area (Å²) in [4.78, 5) is 0. The molecule has 418 valence electrons. The van der Waals surface area contributed by atoms with Crippen LogP contribution in [0.1, 0.15) is 13.8 Å². The molecule has 0 aromatic rings. The summed E-state index contributed by atoms with van der Waals surface area (Å²) in [5.74, 6) is 0. The Kier molecular flexibility index (Phi) is 34.9. The Morgan fingerprint density at radius 3 is 0.562 bits per heavy atom. The first-order chi connectivity index (χ1) is 36.0. The maximum absolute atomic E-state index is 13.1. The molecular formula is C10H30O34Si36. The summed E-state index contributed by atoms with van der Waals surface area (Å²) in [6, 6.07) is 0. The summed E-state index contributed by atoms with van der Waals surface area (Å²) in [6.07, 6.45) is 0. The second-order valence-electron chi connectivity index (χ2n) is 17.6. The van der Waals surface area contributed by atoms with E-state index in [0.717, 1.165) is 0 Å². The zero-order valence-electron chi connectivity index (χ0n) is 41.7. The van der Waals surface area contributed by atoms with Crippen LogP contribution in [0.5, 0.6) is 0 Å². The smallest absolute Gasteiger partial charge is 0.381 e. The van der Waals surface area contributed by atoms with E-state index in [2.05, 4.69) is 0 Å². The van der Waals surface area contributed by atoms with Crippen molar-refractivity contribution >= 4 is 281 Å². The normalized spacial score (nSPS) is 11.4. The third-order valence-electron chi connectivity index (χ3n) is 9.10. The first kappa shape index (κ1) is 81.3. The highest BCUT2D eigenvalue weighted by Gasteiger charge is 2.59. The van der Waals surface area contributed by atoms with E-state index in [4.69, 9.17) is 8.54 Å². The molecule has 80 heavy (non-hydrogen) atoms. The van der Waals surface area contributed by atoms with Gasteiger partial charge in [0.1, 0.15) is 8.31 Å². The molecule has 0 rings (SSSR count). The fraction of sp³-hybridized carbons (Fsp3) is 1.00. The predicted molar refractivity (Wildman–Crippen MR) is 291 cm³/mol. The SMILES string of the molecule is C[SiH]([Si](=O)[Si](=O)[Si](=O)[Si](=O)[Si](=O)[Si](=O)[Si](=O)[Si](=O)[Si](=O)[Si](=O)[Si](=O)[Si](=O)[Si](=O)[Si](=O)[Si](=O)[Si](=O)[Si](=O)[Si](=O)[Si](=O)[Si](=O)[Si](=O)[Si](=O)[Si](=O)[Si](=O)[Si](=O)[Si](=O)[Si](=O)[Si](=O)[Si](=O)[Si](=O)[Si](=O)[Si](=O)[SiH2]O[Si](C)(C)C)C(C)(C)O[Si](C)(C)C. The Balaban J connectivity index is 5.94. The summed E-state index contributed by atoms with van der Waals surface area (Å²) in [5, 5.41) is -1.09. The van der Waals surface area contributed by atoms with Gasteiger partial charge in [-0.25, -0.2) is 0 Å². The van der Waals surface area contributed by atoms with Crippen molar-refractivity contribution in [2.45, 2.75) is 64.9 Å². The lowest BCUT2D eigenvalue weighted by molar-refractivity contribution is 0.184. The highest BCUT2D eigenvalue weighted by molar-refractivity contribution is 7.85. The topological polar surface area (TPSA) is 565 Å². The van der Waals surface area contributed by atoms with Gasteiger partial charge in [-0.3, -0.25) is 0 Å². The molecule has 0 bridgehead atoms. The molecule has 0 aromatic carbocycles. The first-order valence-corrected chi connectivity index (χ1v) is 110. The molecule has 0 saturated heterocycles. The maximum atomic E-state index is 13.1. The Morgan fingerprint density at radius 1 is 0.263 bits per heavy atom. The molecule has 0 radical (unpaired) electrons. The second-order valence-corrected chi connectivity index (χ2v) is 193. The standard InChI is InChI=1S/C10H30O34Si36/c1-10(2,43-79(4,5)6)46(3)48(12)50(14)52(16)54(18)56(20)58(22)60(24)62(26)64(28)66(30)68(32)70(34)72(36)74(38)76(40)78(42)77(41)75(39)73(37)71(35)69(33)67(31)65(29)63(27)61(25)59(23)57(21)55(19)53(17)51(15)49(13)47(11)45-44-80(7,8)9/h46H,45H2,1-9H3. The summed E-state index contributed by atoms with van der Waals surface area (Å²) < 4.78 is 421. The molecule has 0 amide bonds. The lowest BCUT2D eigenvalue weighted by Crippen LogP contribution is -2.59. The van der Waals surface area contributed by atoms with E-state index in [1.165, 1.54) is 6.55 Å². The van der Waals surface area contributed by atoms with E-state index in [1.807, 2.05) is 0 Å². The molecule has 0 aliphatic heterocycles. The van der Waals surface area contributed by atoms with E-state index in [9.17, 15) is 143 Å². The minimum Gasteiger partial charge on any atom is -0.457 e. The highest BCUT2D eigenvalue weighted by Crippen LogP contribution is 2.20. The van der Waals surface area contributed by atoms with Crippen molar-refractivity contribution in [3.63, 3.8) is 0 Å². The van der Waals surface area contributed by atoms with Crippen molar-refractivity contribution < 1.29 is 151 Å². The Morgan fingerprint density at radius 2 is 0.412 bits per heavy atom. The molecule has 0 heterocycles. The van der Waals surface area contributed by atoms with Crippen LogP contribution in [0.3, 0.4) is 0 Å². The van der Waals surface area contributed by atoms with Gasteiger partial charge >= 0.3 is 247 Å². The van der Waals surface area contributed by atoms with Crippen LogP contribution < -0.4 is 0 Å². The minimum atomic E-state index is -4.75. The van der Waals surface area contributed by atoms with Gasteiger partial charge in [0.05, 0.1) is 0 Å². The lowest BCUT2D eigenvalue weighted by Gasteiger charge is -2.35. The monoisotopic (exact) mass is 1700 g/mol. The van der Waals surface area contributed by atoms with Gasteiger partial charge in [0.2, 0.25) is 9.28 Å². The quantitative estimate of drug-likeness (QED) is 0.0518. The molecule has 0 spiro atoms. The number of rotatable bonds is 38. The number of hydrogen-bond acceptors (Lipinski definition) is 34. The molecule has 1 unspecified atom stereocenters.